The molecule has 0 aliphatic carbocycles. The number of nitrogens with one attached hydrogen (secondary N) is 1. The molecule has 1 atom stereocenters. The number of hydrogen-bond acceptors (Lipinski definition) is 2. The molecular formula is C13H19F2NO. The molecule has 0 aromatic heterocycles. The molecule has 1 unspecified atom stereocenters. The first-order chi connectivity index (χ1) is 8.11. The maximum Gasteiger partial charge on any atom is 0.133 e. The Labute approximate surface area is 101 Å². The van der Waals surface area contributed by atoms with Crippen LogP contribution in [-0.2, 0) is 4.74 Å². The van der Waals surface area contributed by atoms with Crippen LogP contribution in [0.15, 0.2) is 12.1 Å². The summed E-state index contributed by atoms with van der Waals surface area (Å²) in [5, 5.41) is 2.95. The first-order valence-electron chi connectivity index (χ1n) is 5.72. The van der Waals surface area contributed by atoms with Gasteiger partial charge in [-0.3, -0.25) is 0 Å². The molecule has 0 aliphatic rings. The monoisotopic (exact) mass is 243 g/mol. The molecule has 0 bridgehead atoms. The highest BCUT2D eigenvalue weighted by Gasteiger charge is 2.19. The number of benzene rings is 1. The molecule has 0 saturated carbocycles. The summed E-state index contributed by atoms with van der Waals surface area (Å²) < 4.78 is 32.5. The Kier molecular flexibility index (Phi) is 5.51. The van der Waals surface area contributed by atoms with Crippen molar-refractivity contribution in [2.75, 3.05) is 20.8 Å². The minimum Gasteiger partial charge on any atom is -0.385 e. The summed E-state index contributed by atoms with van der Waals surface area (Å²) in [4.78, 5) is 0. The van der Waals surface area contributed by atoms with Gasteiger partial charge in [0.1, 0.15) is 11.6 Å². The van der Waals surface area contributed by atoms with E-state index in [1.807, 2.05) is 0 Å². The van der Waals surface area contributed by atoms with E-state index in [0.29, 0.717) is 18.6 Å². The standard InChI is InChI=1S/C13H19F2NO/c1-9-6-7-10(14)12(13(9)15)11(16-2)5-4-8-17-3/h6-7,11,16H,4-5,8H2,1-3H3. The highest BCUT2D eigenvalue weighted by atomic mass is 19.1. The van der Waals surface area contributed by atoms with Crippen LogP contribution >= 0.6 is 0 Å². The highest BCUT2D eigenvalue weighted by Crippen LogP contribution is 2.26. The molecule has 1 aromatic carbocycles. The van der Waals surface area contributed by atoms with Crippen molar-refractivity contribution in [3.63, 3.8) is 0 Å². The number of rotatable bonds is 6. The molecule has 1 aromatic rings. The first-order valence-corrected chi connectivity index (χ1v) is 5.72. The summed E-state index contributed by atoms with van der Waals surface area (Å²) >= 11 is 0. The third-order valence-electron chi connectivity index (χ3n) is 2.86. The lowest BCUT2D eigenvalue weighted by Crippen LogP contribution is -2.20. The molecule has 0 amide bonds. The van der Waals surface area contributed by atoms with Gasteiger partial charge in [0, 0.05) is 25.3 Å². The Morgan fingerprint density at radius 3 is 2.65 bits per heavy atom. The predicted molar refractivity (Wildman–Crippen MR) is 64.0 cm³/mol. The summed E-state index contributed by atoms with van der Waals surface area (Å²) in [6.45, 7) is 2.23. The first kappa shape index (κ1) is 14.1. The van der Waals surface area contributed by atoms with Gasteiger partial charge in [-0.15, -0.1) is 0 Å². The third kappa shape index (κ3) is 3.48. The van der Waals surface area contributed by atoms with Crippen LogP contribution < -0.4 is 5.32 Å². The number of ether oxygens (including phenoxy) is 1. The molecule has 96 valence electrons. The van der Waals surface area contributed by atoms with Gasteiger partial charge in [-0.05, 0) is 38.4 Å². The smallest absolute Gasteiger partial charge is 0.133 e. The summed E-state index contributed by atoms with van der Waals surface area (Å²) in [6.07, 6.45) is 1.40. The second kappa shape index (κ2) is 6.67. The lowest BCUT2D eigenvalue weighted by atomic mass is 9.99. The van der Waals surface area contributed by atoms with E-state index < -0.39 is 11.6 Å². The Balaban J connectivity index is 2.91. The fourth-order valence-corrected chi connectivity index (χ4v) is 1.86. The van der Waals surface area contributed by atoms with Gasteiger partial charge in [0.2, 0.25) is 0 Å². The normalized spacial score (nSPS) is 12.8. The maximum atomic E-state index is 13.9. The fourth-order valence-electron chi connectivity index (χ4n) is 1.86. The van der Waals surface area contributed by atoms with Gasteiger partial charge >= 0.3 is 0 Å². The lowest BCUT2D eigenvalue weighted by Gasteiger charge is -2.18. The molecule has 0 saturated heterocycles. The zero-order chi connectivity index (χ0) is 12.8. The van der Waals surface area contributed by atoms with Gasteiger partial charge in [0.25, 0.3) is 0 Å². The van der Waals surface area contributed by atoms with Gasteiger partial charge in [-0.2, -0.15) is 0 Å². The van der Waals surface area contributed by atoms with Crippen molar-refractivity contribution in [2.45, 2.75) is 25.8 Å². The second-order valence-corrected chi connectivity index (χ2v) is 4.07. The number of aryl methyl sites for hydroxylation is 1. The zero-order valence-electron chi connectivity index (χ0n) is 10.5. The second-order valence-electron chi connectivity index (χ2n) is 4.07. The van der Waals surface area contributed by atoms with E-state index in [0.717, 1.165) is 6.42 Å². The van der Waals surface area contributed by atoms with Crippen LogP contribution in [0.25, 0.3) is 0 Å². The van der Waals surface area contributed by atoms with E-state index in [9.17, 15) is 8.78 Å². The van der Waals surface area contributed by atoms with Crippen molar-refractivity contribution in [3.8, 4) is 0 Å². The predicted octanol–water partition coefficient (Wildman–Crippen LogP) is 2.96. The third-order valence-corrected chi connectivity index (χ3v) is 2.86. The van der Waals surface area contributed by atoms with Crippen molar-refractivity contribution in [2.24, 2.45) is 0 Å². The summed E-state index contributed by atoms with van der Waals surface area (Å²) in [5.74, 6) is -0.952. The molecule has 4 heteroatoms. The highest BCUT2D eigenvalue weighted by molar-refractivity contribution is 5.29. The van der Waals surface area contributed by atoms with E-state index >= 15 is 0 Å². The topological polar surface area (TPSA) is 21.3 Å². The molecule has 0 heterocycles. The number of hydrogen-bond donors (Lipinski definition) is 1. The summed E-state index contributed by atoms with van der Waals surface area (Å²) in [5.41, 5.74) is 0.594. The van der Waals surface area contributed by atoms with Gasteiger partial charge in [0.15, 0.2) is 0 Å². The summed E-state index contributed by atoms with van der Waals surface area (Å²) in [7, 11) is 3.32. The Bertz CT molecular complexity index is 369. The number of halogens is 2. The van der Waals surface area contributed by atoms with Crippen LogP contribution in [0, 0.1) is 18.6 Å². The van der Waals surface area contributed by atoms with Gasteiger partial charge in [-0.1, -0.05) is 6.07 Å². The van der Waals surface area contributed by atoms with E-state index in [2.05, 4.69) is 5.32 Å². The quantitative estimate of drug-likeness (QED) is 0.776. The Hall–Kier alpha value is -1.00. The molecule has 0 aliphatic heterocycles. The van der Waals surface area contributed by atoms with Gasteiger partial charge in [0.05, 0.1) is 0 Å². The van der Waals surface area contributed by atoms with Crippen molar-refractivity contribution >= 4 is 0 Å². The zero-order valence-corrected chi connectivity index (χ0v) is 10.5. The van der Waals surface area contributed by atoms with Crippen LogP contribution in [0.3, 0.4) is 0 Å². The van der Waals surface area contributed by atoms with Crippen molar-refractivity contribution in [1.29, 1.82) is 0 Å². The van der Waals surface area contributed by atoms with Crippen LogP contribution in [0.5, 0.6) is 0 Å². The van der Waals surface area contributed by atoms with Gasteiger partial charge in [-0.25, -0.2) is 8.78 Å². The largest absolute Gasteiger partial charge is 0.385 e. The molecule has 0 radical (unpaired) electrons. The van der Waals surface area contributed by atoms with Gasteiger partial charge < -0.3 is 10.1 Å². The molecule has 2 nitrogen and oxygen atoms in total. The molecular weight excluding hydrogens is 224 g/mol. The van der Waals surface area contributed by atoms with Crippen molar-refractivity contribution in [3.05, 3.63) is 34.9 Å². The molecule has 0 fully saturated rings. The SMILES string of the molecule is CNC(CCCOC)c1c(F)ccc(C)c1F. The summed E-state index contributed by atoms with van der Waals surface area (Å²) in [6, 6.07) is 2.45. The molecule has 1 N–H and O–H groups in total. The maximum absolute atomic E-state index is 13.9. The molecule has 1 rings (SSSR count). The van der Waals surface area contributed by atoms with E-state index in [-0.39, 0.29) is 11.6 Å². The van der Waals surface area contributed by atoms with E-state index in [1.165, 1.54) is 12.1 Å². The Morgan fingerprint density at radius 2 is 2.06 bits per heavy atom. The van der Waals surface area contributed by atoms with Crippen LogP contribution in [-0.4, -0.2) is 20.8 Å². The lowest BCUT2D eigenvalue weighted by molar-refractivity contribution is 0.188. The van der Waals surface area contributed by atoms with Crippen LogP contribution in [0.2, 0.25) is 0 Å². The molecule has 0 spiro atoms. The fraction of sp³-hybridized carbons (Fsp3) is 0.538. The van der Waals surface area contributed by atoms with Crippen LogP contribution in [0.4, 0.5) is 8.78 Å². The average molecular weight is 243 g/mol. The van der Waals surface area contributed by atoms with Crippen molar-refractivity contribution < 1.29 is 13.5 Å². The van der Waals surface area contributed by atoms with Crippen molar-refractivity contribution in [1.82, 2.24) is 5.32 Å². The number of methoxy groups -OCH3 is 1. The minimum atomic E-state index is -0.495. The average Bonchev–Trinajstić information content (AvgIpc) is 2.32. The molecule has 17 heavy (non-hydrogen) atoms. The van der Waals surface area contributed by atoms with E-state index in [1.54, 1.807) is 21.1 Å². The van der Waals surface area contributed by atoms with E-state index in [4.69, 9.17) is 4.74 Å². The van der Waals surface area contributed by atoms with Crippen LogP contribution in [0.1, 0.15) is 30.0 Å². The minimum absolute atomic E-state index is 0.128. The Morgan fingerprint density at radius 1 is 1.35 bits per heavy atom.